The highest BCUT2D eigenvalue weighted by Gasteiger charge is 1.95. The minimum absolute atomic E-state index is 0. The maximum atomic E-state index is 5.89. The predicted octanol–water partition coefficient (Wildman–Crippen LogP) is 5.27. The molecule has 2 aromatic carbocycles. The van der Waals surface area contributed by atoms with Crippen molar-refractivity contribution in [3.05, 3.63) is 59.6 Å². The average Bonchev–Trinajstić information content (AvgIpc) is 2.19. The van der Waals surface area contributed by atoms with E-state index in [1.54, 1.807) is 0 Å². The first-order chi connectivity index (χ1) is 6.36. The second kappa shape index (κ2) is 8.72. The van der Waals surface area contributed by atoms with Crippen molar-refractivity contribution < 1.29 is 0 Å². The lowest BCUT2D eigenvalue weighted by atomic mass is 10.1. The van der Waals surface area contributed by atoms with Gasteiger partial charge in [0.1, 0.15) is 0 Å². The van der Waals surface area contributed by atoms with Gasteiger partial charge in [-0.3, -0.25) is 0 Å². The number of halogens is 4. The molecule has 4 heteroatoms. The third-order valence-corrected chi connectivity index (χ3v) is 2.17. The molecule has 2 aromatic rings. The molecule has 0 aliphatic carbocycles. The van der Waals surface area contributed by atoms with Crippen LogP contribution >= 0.6 is 48.8 Å². The Kier molecular flexibility index (Phi) is 9.80. The lowest BCUT2D eigenvalue weighted by Crippen LogP contribution is -1.75. The highest BCUT2D eigenvalue weighted by atomic mass is 35.5. The van der Waals surface area contributed by atoms with Crippen molar-refractivity contribution >= 4 is 48.8 Å². The summed E-state index contributed by atoms with van der Waals surface area (Å²) >= 11 is 5.89. The summed E-state index contributed by atoms with van der Waals surface area (Å²) in [6.07, 6.45) is 0. The molecular formula is C12H12Cl4. The van der Waals surface area contributed by atoms with E-state index in [1.165, 1.54) is 5.56 Å². The number of hydrogen-bond donors (Lipinski definition) is 0. The Labute approximate surface area is 119 Å². The van der Waals surface area contributed by atoms with Gasteiger partial charge in [0.15, 0.2) is 0 Å². The summed E-state index contributed by atoms with van der Waals surface area (Å²) in [5.74, 6) is 0. The maximum Gasteiger partial charge on any atom is 0.0412 e. The van der Waals surface area contributed by atoms with Gasteiger partial charge in [-0.1, -0.05) is 54.1 Å². The zero-order valence-electron chi connectivity index (χ0n) is 8.30. The molecule has 0 radical (unpaired) electrons. The van der Waals surface area contributed by atoms with Crippen LogP contribution in [0, 0.1) is 0 Å². The Hall–Kier alpha value is -0.400. The van der Waals surface area contributed by atoms with Crippen LogP contribution in [0.15, 0.2) is 54.6 Å². The average molecular weight is 298 g/mol. The van der Waals surface area contributed by atoms with Crippen molar-refractivity contribution in [1.29, 1.82) is 0 Å². The summed E-state index contributed by atoms with van der Waals surface area (Å²) in [7, 11) is 0. The molecule has 0 atom stereocenters. The van der Waals surface area contributed by atoms with Gasteiger partial charge in [-0.2, -0.15) is 0 Å². The summed E-state index contributed by atoms with van der Waals surface area (Å²) in [6.45, 7) is 0. The van der Waals surface area contributed by atoms with Crippen LogP contribution in [-0.4, -0.2) is 0 Å². The number of rotatable bonds is 1. The Bertz CT molecular complexity index is 401. The van der Waals surface area contributed by atoms with Gasteiger partial charge in [0.05, 0.1) is 0 Å². The van der Waals surface area contributed by atoms with Crippen LogP contribution in [0.4, 0.5) is 0 Å². The summed E-state index contributed by atoms with van der Waals surface area (Å²) in [6, 6.07) is 18.1. The highest BCUT2D eigenvalue weighted by Crippen LogP contribution is 2.21. The molecule has 0 aliphatic heterocycles. The van der Waals surface area contributed by atoms with Crippen LogP contribution in [0.3, 0.4) is 0 Å². The molecule has 0 nitrogen and oxygen atoms in total. The Balaban J connectivity index is 0. The minimum Gasteiger partial charge on any atom is -0.147 e. The second-order valence-electron chi connectivity index (χ2n) is 2.88. The predicted molar refractivity (Wildman–Crippen MR) is 78.6 cm³/mol. The van der Waals surface area contributed by atoms with E-state index in [9.17, 15) is 0 Å². The first-order valence-corrected chi connectivity index (χ1v) is 4.55. The standard InChI is InChI=1S/C12H9Cl.3ClH/c13-12-8-4-7-11(9-12)10-5-2-1-3-6-10;;;/h1-9H;3*1H. The Morgan fingerprint density at radius 3 is 1.75 bits per heavy atom. The summed E-state index contributed by atoms with van der Waals surface area (Å²) in [4.78, 5) is 0. The van der Waals surface area contributed by atoms with E-state index in [2.05, 4.69) is 18.2 Å². The van der Waals surface area contributed by atoms with Crippen molar-refractivity contribution in [3.8, 4) is 11.1 Å². The van der Waals surface area contributed by atoms with E-state index in [0.29, 0.717) is 0 Å². The van der Waals surface area contributed by atoms with E-state index in [4.69, 9.17) is 11.6 Å². The first kappa shape index (κ1) is 18.0. The highest BCUT2D eigenvalue weighted by molar-refractivity contribution is 6.30. The molecule has 0 N–H and O–H groups in total. The van der Waals surface area contributed by atoms with Gasteiger partial charge in [-0.05, 0) is 23.3 Å². The third-order valence-electron chi connectivity index (χ3n) is 1.93. The van der Waals surface area contributed by atoms with Crippen molar-refractivity contribution in [2.75, 3.05) is 0 Å². The van der Waals surface area contributed by atoms with Crippen molar-refractivity contribution in [3.63, 3.8) is 0 Å². The van der Waals surface area contributed by atoms with Gasteiger partial charge >= 0.3 is 0 Å². The monoisotopic (exact) mass is 296 g/mol. The summed E-state index contributed by atoms with van der Waals surface area (Å²) in [5, 5.41) is 0.779. The van der Waals surface area contributed by atoms with Crippen LogP contribution in [0.5, 0.6) is 0 Å². The summed E-state index contributed by atoms with van der Waals surface area (Å²) in [5.41, 5.74) is 2.36. The molecule has 0 bridgehead atoms. The molecule has 0 saturated heterocycles. The summed E-state index contributed by atoms with van der Waals surface area (Å²) < 4.78 is 0. The van der Waals surface area contributed by atoms with Crippen LogP contribution in [0.1, 0.15) is 0 Å². The number of hydrogen-bond acceptors (Lipinski definition) is 0. The quantitative estimate of drug-likeness (QED) is 0.672. The van der Waals surface area contributed by atoms with E-state index in [-0.39, 0.29) is 37.2 Å². The minimum atomic E-state index is 0. The van der Waals surface area contributed by atoms with Crippen LogP contribution in [0.2, 0.25) is 5.02 Å². The smallest absolute Gasteiger partial charge is 0.0412 e. The largest absolute Gasteiger partial charge is 0.147 e. The molecule has 0 heterocycles. The zero-order chi connectivity index (χ0) is 9.10. The fraction of sp³-hybridized carbons (Fsp3) is 0. The SMILES string of the molecule is Cl.Cl.Cl.Clc1cccc(-c2ccccc2)c1. The lowest BCUT2D eigenvalue weighted by Gasteiger charge is -2.00. The molecule has 0 spiro atoms. The molecule has 0 unspecified atom stereocenters. The van der Waals surface area contributed by atoms with E-state index in [1.807, 2.05) is 36.4 Å². The molecule has 2 rings (SSSR count). The molecule has 16 heavy (non-hydrogen) atoms. The first-order valence-electron chi connectivity index (χ1n) is 4.17. The molecule has 0 saturated carbocycles. The van der Waals surface area contributed by atoms with Crippen molar-refractivity contribution in [1.82, 2.24) is 0 Å². The van der Waals surface area contributed by atoms with Crippen molar-refractivity contribution in [2.45, 2.75) is 0 Å². The van der Waals surface area contributed by atoms with E-state index in [0.717, 1.165) is 10.6 Å². The topological polar surface area (TPSA) is 0 Å². The normalized spacial score (nSPS) is 8.06. The van der Waals surface area contributed by atoms with E-state index < -0.39 is 0 Å². The van der Waals surface area contributed by atoms with Gasteiger partial charge in [-0.15, -0.1) is 37.2 Å². The molecule has 88 valence electrons. The third kappa shape index (κ3) is 4.63. The molecule has 0 fully saturated rings. The zero-order valence-corrected chi connectivity index (χ0v) is 11.5. The van der Waals surface area contributed by atoms with Gasteiger partial charge in [0.2, 0.25) is 0 Å². The van der Waals surface area contributed by atoms with Crippen LogP contribution in [-0.2, 0) is 0 Å². The Morgan fingerprint density at radius 2 is 1.19 bits per heavy atom. The maximum absolute atomic E-state index is 5.89. The van der Waals surface area contributed by atoms with Crippen molar-refractivity contribution in [2.24, 2.45) is 0 Å². The molecule has 0 amide bonds. The van der Waals surface area contributed by atoms with Crippen LogP contribution in [0.25, 0.3) is 11.1 Å². The lowest BCUT2D eigenvalue weighted by molar-refractivity contribution is 1.62. The van der Waals surface area contributed by atoms with Crippen LogP contribution < -0.4 is 0 Å². The molecule has 0 aliphatic rings. The second-order valence-corrected chi connectivity index (χ2v) is 3.31. The van der Waals surface area contributed by atoms with Gasteiger partial charge < -0.3 is 0 Å². The van der Waals surface area contributed by atoms with Gasteiger partial charge in [0.25, 0.3) is 0 Å². The number of benzene rings is 2. The molecule has 0 aromatic heterocycles. The van der Waals surface area contributed by atoms with E-state index >= 15 is 0 Å². The fourth-order valence-corrected chi connectivity index (χ4v) is 1.49. The van der Waals surface area contributed by atoms with Gasteiger partial charge in [0, 0.05) is 5.02 Å². The fourth-order valence-electron chi connectivity index (χ4n) is 1.30. The van der Waals surface area contributed by atoms with Gasteiger partial charge in [-0.25, -0.2) is 0 Å². The Morgan fingerprint density at radius 1 is 0.625 bits per heavy atom. The molecular weight excluding hydrogens is 286 g/mol.